The van der Waals surface area contributed by atoms with E-state index in [1.807, 2.05) is 19.9 Å². The predicted molar refractivity (Wildman–Crippen MR) is 82.4 cm³/mol. The number of amidine groups is 1. The summed E-state index contributed by atoms with van der Waals surface area (Å²) in [6, 6.07) is 5.32. The third-order valence-electron chi connectivity index (χ3n) is 3.59. The predicted octanol–water partition coefficient (Wildman–Crippen LogP) is 2.31. The first kappa shape index (κ1) is 14.7. The Hall–Kier alpha value is -1.69. The molecule has 1 amide bonds. The molecule has 0 spiro atoms. The number of thioether (sulfide) groups is 1. The topological polar surface area (TPSA) is 87.7 Å². The zero-order valence-corrected chi connectivity index (χ0v) is 12.5. The maximum Gasteiger partial charge on any atom is 0.240 e. The highest BCUT2D eigenvalue weighted by Gasteiger charge is 2.37. The van der Waals surface area contributed by atoms with Crippen molar-refractivity contribution in [3.05, 3.63) is 29.3 Å². The zero-order chi connectivity index (χ0) is 14.8. The van der Waals surface area contributed by atoms with Crippen LogP contribution in [0.2, 0.25) is 0 Å². The second kappa shape index (κ2) is 5.75. The molecule has 0 bridgehead atoms. The van der Waals surface area contributed by atoms with Crippen molar-refractivity contribution in [2.75, 3.05) is 11.1 Å². The third kappa shape index (κ3) is 2.90. The average Bonchev–Trinajstić information content (AvgIpc) is 2.88. The van der Waals surface area contributed by atoms with Crippen LogP contribution in [0.5, 0.6) is 0 Å². The smallest absolute Gasteiger partial charge is 0.240 e. The Balaban J connectivity index is 2.22. The normalized spacial score (nSPS) is 22.8. The number of nitrogens with two attached hydrogens (primary N) is 1. The van der Waals surface area contributed by atoms with Crippen molar-refractivity contribution >= 4 is 29.2 Å². The molecule has 1 atom stereocenters. The second-order valence-electron chi connectivity index (χ2n) is 5.15. The van der Waals surface area contributed by atoms with Crippen molar-refractivity contribution in [2.45, 2.75) is 31.4 Å². The summed E-state index contributed by atoms with van der Waals surface area (Å²) < 4.78 is -0.362. The van der Waals surface area contributed by atoms with E-state index in [0.29, 0.717) is 11.3 Å². The molecule has 0 radical (unpaired) electrons. The lowest BCUT2D eigenvalue weighted by molar-refractivity contribution is -0.118. The van der Waals surface area contributed by atoms with Gasteiger partial charge in [-0.1, -0.05) is 17.3 Å². The molecule has 108 valence electrons. The van der Waals surface area contributed by atoms with Crippen LogP contribution in [0, 0.1) is 6.92 Å². The minimum atomic E-state index is -0.362. The number of oxime groups is 1. The van der Waals surface area contributed by atoms with Crippen LogP contribution < -0.4 is 11.1 Å². The van der Waals surface area contributed by atoms with Crippen LogP contribution in [0.15, 0.2) is 23.4 Å². The summed E-state index contributed by atoms with van der Waals surface area (Å²) in [6.45, 7) is 3.89. The Labute approximate surface area is 122 Å². The summed E-state index contributed by atoms with van der Waals surface area (Å²) in [4.78, 5) is 12.4. The number of carbonyl (C=O) groups is 1. The van der Waals surface area contributed by atoms with Crippen molar-refractivity contribution in [1.82, 2.24) is 0 Å². The van der Waals surface area contributed by atoms with Gasteiger partial charge < -0.3 is 16.3 Å². The number of nitrogens with zero attached hydrogens (tertiary/aromatic N) is 1. The minimum Gasteiger partial charge on any atom is -0.409 e. The molecule has 4 N–H and O–H groups in total. The van der Waals surface area contributed by atoms with Crippen LogP contribution in [-0.2, 0) is 4.79 Å². The van der Waals surface area contributed by atoms with Crippen LogP contribution in [0.3, 0.4) is 0 Å². The number of nitrogens with one attached hydrogen (secondary N) is 1. The zero-order valence-electron chi connectivity index (χ0n) is 11.6. The molecule has 1 aromatic rings. The second-order valence-corrected chi connectivity index (χ2v) is 6.75. The van der Waals surface area contributed by atoms with Crippen molar-refractivity contribution in [3.63, 3.8) is 0 Å². The molecule has 1 aliphatic rings. The number of anilines is 1. The number of benzene rings is 1. The van der Waals surface area contributed by atoms with E-state index in [-0.39, 0.29) is 16.5 Å². The molecular formula is C14H19N3O2S. The van der Waals surface area contributed by atoms with Crippen LogP contribution >= 0.6 is 11.8 Å². The standard InChI is InChI=1S/C14H19N3O2S/c1-9-4-5-10(12(15)17-19)8-11(9)16-13(18)14(2)6-3-7-20-14/h4-5,8,19H,3,6-7H2,1-2H3,(H2,15,17)(H,16,18). The molecular weight excluding hydrogens is 274 g/mol. The summed E-state index contributed by atoms with van der Waals surface area (Å²) in [5.74, 6) is 1.06. The fourth-order valence-corrected chi connectivity index (χ4v) is 3.40. The quantitative estimate of drug-likeness (QED) is 0.345. The van der Waals surface area contributed by atoms with E-state index >= 15 is 0 Å². The molecule has 1 aromatic carbocycles. The van der Waals surface area contributed by atoms with Gasteiger partial charge >= 0.3 is 0 Å². The van der Waals surface area contributed by atoms with E-state index in [2.05, 4.69) is 10.5 Å². The number of hydrogen-bond donors (Lipinski definition) is 3. The lowest BCUT2D eigenvalue weighted by Crippen LogP contribution is -2.35. The van der Waals surface area contributed by atoms with Gasteiger partial charge in [-0.15, -0.1) is 11.8 Å². The Morgan fingerprint density at radius 3 is 2.90 bits per heavy atom. The molecule has 20 heavy (non-hydrogen) atoms. The molecule has 5 nitrogen and oxygen atoms in total. The first-order valence-corrected chi connectivity index (χ1v) is 7.49. The van der Waals surface area contributed by atoms with E-state index in [9.17, 15) is 4.79 Å². The van der Waals surface area contributed by atoms with Gasteiger partial charge in [-0.2, -0.15) is 0 Å². The van der Waals surface area contributed by atoms with E-state index in [1.165, 1.54) is 0 Å². The van der Waals surface area contributed by atoms with Gasteiger partial charge in [0.2, 0.25) is 5.91 Å². The van der Waals surface area contributed by atoms with E-state index in [4.69, 9.17) is 10.9 Å². The average molecular weight is 293 g/mol. The van der Waals surface area contributed by atoms with Gasteiger partial charge in [0.15, 0.2) is 5.84 Å². The SMILES string of the molecule is Cc1ccc(/C(N)=N/O)cc1NC(=O)C1(C)CCCS1. The molecule has 2 rings (SSSR count). The van der Waals surface area contributed by atoms with Crippen LogP contribution in [0.1, 0.15) is 30.9 Å². The Morgan fingerprint density at radius 2 is 2.30 bits per heavy atom. The molecule has 0 aliphatic carbocycles. The molecule has 1 unspecified atom stereocenters. The van der Waals surface area contributed by atoms with E-state index in [1.54, 1.807) is 23.9 Å². The summed E-state index contributed by atoms with van der Waals surface area (Å²) in [7, 11) is 0. The molecule has 1 fully saturated rings. The van der Waals surface area contributed by atoms with Gasteiger partial charge in [0, 0.05) is 11.3 Å². The largest absolute Gasteiger partial charge is 0.409 e. The van der Waals surface area contributed by atoms with Crippen molar-refractivity contribution in [3.8, 4) is 0 Å². The van der Waals surface area contributed by atoms with E-state index < -0.39 is 0 Å². The fourth-order valence-electron chi connectivity index (χ4n) is 2.19. The lowest BCUT2D eigenvalue weighted by atomic mass is 10.0. The number of aryl methyl sites for hydroxylation is 1. The molecule has 1 aliphatic heterocycles. The van der Waals surface area contributed by atoms with Crippen LogP contribution in [0.4, 0.5) is 5.69 Å². The number of hydrogen-bond acceptors (Lipinski definition) is 4. The first-order valence-electron chi connectivity index (χ1n) is 6.50. The van der Waals surface area contributed by atoms with Gasteiger partial charge in [0.05, 0.1) is 4.75 Å². The van der Waals surface area contributed by atoms with Crippen molar-refractivity contribution < 1.29 is 10.0 Å². The van der Waals surface area contributed by atoms with Gasteiger partial charge in [-0.3, -0.25) is 4.79 Å². The first-order chi connectivity index (χ1) is 9.46. The van der Waals surface area contributed by atoms with Gasteiger partial charge in [0.25, 0.3) is 0 Å². The summed E-state index contributed by atoms with van der Waals surface area (Å²) >= 11 is 1.69. The van der Waals surface area contributed by atoms with Crippen LogP contribution in [-0.4, -0.2) is 27.4 Å². The van der Waals surface area contributed by atoms with Crippen LogP contribution in [0.25, 0.3) is 0 Å². The minimum absolute atomic E-state index is 0.0137. The third-order valence-corrected chi connectivity index (χ3v) is 5.11. The Morgan fingerprint density at radius 1 is 1.55 bits per heavy atom. The van der Waals surface area contributed by atoms with Crippen molar-refractivity contribution in [1.29, 1.82) is 0 Å². The Kier molecular flexibility index (Phi) is 4.23. The van der Waals surface area contributed by atoms with Gasteiger partial charge in [-0.25, -0.2) is 0 Å². The number of amides is 1. The summed E-state index contributed by atoms with van der Waals surface area (Å²) in [5.41, 5.74) is 7.80. The highest BCUT2D eigenvalue weighted by atomic mass is 32.2. The monoisotopic (exact) mass is 293 g/mol. The fraction of sp³-hybridized carbons (Fsp3) is 0.429. The summed E-state index contributed by atoms with van der Waals surface area (Å²) in [6.07, 6.45) is 1.96. The van der Waals surface area contributed by atoms with Gasteiger partial charge in [0.1, 0.15) is 0 Å². The Bertz CT molecular complexity index is 551. The summed E-state index contributed by atoms with van der Waals surface area (Å²) in [5, 5.41) is 14.7. The highest BCUT2D eigenvalue weighted by molar-refractivity contribution is 8.01. The maximum absolute atomic E-state index is 12.4. The van der Waals surface area contributed by atoms with Gasteiger partial charge in [-0.05, 0) is 44.1 Å². The number of carbonyl (C=O) groups excluding carboxylic acids is 1. The van der Waals surface area contributed by atoms with Crippen molar-refractivity contribution in [2.24, 2.45) is 10.9 Å². The maximum atomic E-state index is 12.4. The molecule has 0 aromatic heterocycles. The molecule has 1 heterocycles. The van der Waals surface area contributed by atoms with E-state index in [0.717, 1.165) is 24.2 Å². The molecule has 1 saturated heterocycles. The number of rotatable bonds is 3. The highest BCUT2D eigenvalue weighted by Crippen LogP contribution is 2.38. The lowest BCUT2D eigenvalue weighted by Gasteiger charge is -2.22. The molecule has 0 saturated carbocycles. The molecule has 6 heteroatoms.